The van der Waals surface area contributed by atoms with E-state index in [-0.39, 0.29) is 29.1 Å². The van der Waals surface area contributed by atoms with Gasteiger partial charge in [0.15, 0.2) is 15.5 Å². The molecule has 3 rings (SSSR count). The summed E-state index contributed by atoms with van der Waals surface area (Å²) in [7, 11) is -1.45. The van der Waals surface area contributed by atoms with Crippen molar-refractivity contribution in [3.05, 3.63) is 40.7 Å². The van der Waals surface area contributed by atoms with Gasteiger partial charge in [-0.15, -0.1) is 5.10 Å². The number of nitrogens with zero attached hydrogens (tertiary/aromatic N) is 4. The van der Waals surface area contributed by atoms with E-state index in [1.54, 1.807) is 42.9 Å². The molecule has 1 aromatic carbocycles. The van der Waals surface area contributed by atoms with Gasteiger partial charge in [0.2, 0.25) is 0 Å². The third kappa shape index (κ3) is 3.16. The largest absolute Gasteiger partial charge is 0.336 e. The first-order valence-corrected chi connectivity index (χ1v) is 9.64. The lowest BCUT2D eigenvalue weighted by molar-refractivity contribution is 0.0741. The number of amides is 1. The Morgan fingerprint density at radius 1 is 1.33 bits per heavy atom. The molecule has 0 aliphatic carbocycles. The zero-order chi connectivity index (χ0) is 17.5. The average molecular weight is 369 g/mol. The molecule has 1 amide bonds. The van der Waals surface area contributed by atoms with Crippen LogP contribution in [0.4, 0.5) is 0 Å². The molecule has 2 heterocycles. The fourth-order valence-corrected chi connectivity index (χ4v) is 4.67. The van der Waals surface area contributed by atoms with Crippen LogP contribution >= 0.6 is 11.6 Å². The smallest absolute Gasteiger partial charge is 0.276 e. The van der Waals surface area contributed by atoms with E-state index in [9.17, 15) is 13.2 Å². The fraction of sp³-hybridized carbons (Fsp3) is 0.400. The van der Waals surface area contributed by atoms with Crippen LogP contribution in [0.3, 0.4) is 0 Å². The molecule has 9 heteroatoms. The van der Waals surface area contributed by atoms with Gasteiger partial charge in [-0.3, -0.25) is 4.79 Å². The lowest BCUT2D eigenvalue weighted by atomic mass is 10.2. The molecule has 1 aliphatic rings. The number of aromatic nitrogens is 3. The minimum Gasteiger partial charge on any atom is -0.336 e. The Morgan fingerprint density at radius 3 is 2.58 bits per heavy atom. The van der Waals surface area contributed by atoms with Crippen LogP contribution < -0.4 is 0 Å². The normalized spacial score (nSPS) is 19.4. The summed E-state index contributed by atoms with van der Waals surface area (Å²) in [5.74, 6) is -0.208. The Balaban J connectivity index is 1.85. The maximum atomic E-state index is 12.7. The maximum absolute atomic E-state index is 12.7. The molecular weight excluding hydrogens is 352 g/mol. The van der Waals surface area contributed by atoms with E-state index in [2.05, 4.69) is 10.3 Å². The van der Waals surface area contributed by atoms with E-state index in [1.165, 1.54) is 4.90 Å². The van der Waals surface area contributed by atoms with E-state index in [0.29, 0.717) is 17.1 Å². The summed E-state index contributed by atoms with van der Waals surface area (Å²) in [5, 5.41) is 8.62. The van der Waals surface area contributed by atoms with E-state index in [4.69, 9.17) is 11.6 Å². The maximum Gasteiger partial charge on any atom is 0.276 e. The van der Waals surface area contributed by atoms with Gasteiger partial charge in [-0.2, -0.15) is 0 Å². The predicted octanol–water partition coefficient (Wildman–Crippen LogP) is 1.49. The summed E-state index contributed by atoms with van der Waals surface area (Å²) >= 11 is 5.88. The van der Waals surface area contributed by atoms with Crippen LogP contribution in [-0.2, 0) is 9.84 Å². The zero-order valence-electron chi connectivity index (χ0n) is 13.3. The molecule has 0 radical (unpaired) electrons. The zero-order valence-corrected chi connectivity index (χ0v) is 14.9. The van der Waals surface area contributed by atoms with Gasteiger partial charge in [0.05, 0.1) is 22.9 Å². The Hall–Kier alpha value is -1.93. The van der Waals surface area contributed by atoms with Gasteiger partial charge in [0.1, 0.15) is 0 Å². The number of sulfone groups is 1. The van der Waals surface area contributed by atoms with Crippen molar-refractivity contribution in [1.29, 1.82) is 0 Å². The molecule has 24 heavy (non-hydrogen) atoms. The lowest BCUT2D eigenvalue weighted by Gasteiger charge is -2.22. The van der Waals surface area contributed by atoms with E-state index >= 15 is 0 Å². The number of hydrogen-bond donors (Lipinski definition) is 0. The third-order valence-corrected chi connectivity index (χ3v) is 6.25. The Morgan fingerprint density at radius 2 is 2.00 bits per heavy atom. The first-order valence-electron chi connectivity index (χ1n) is 7.44. The molecule has 0 spiro atoms. The van der Waals surface area contributed by atoms with Crippen molar-refractivity contribution in [3.8, 4) is 5.69 Å². The molecule has 128 valence electrons. The number of rotatable bonds is 3. The standard InChI is InChI=1S/C15H17ClN4O3S/c1-10-14(15(21)19(2)13-7-8-24(22,23)9-13)17-18-20(10)12-5-3-11(16)4-6-12/h3-6,13H,7-9H2,1-2H3/t13-/m1/s1. The summed E-state index contributed by atoms with van der Waals surface area (Å²) in [4.78, 5) is 14.1. The second-order valence-corrected chi connectivity index (χ2v) is 8.55. The van der Waals surface area contributed by atoms with Crippen molar-refractivity contribution >= 4 is 27.3 Å². The molecular formula is C15H17ClN4O3S. The quantitative estimate of drug-likeness (QED) is 0.819. The molecule has 0 bridgehead atoms. The van der Waals surface area contributed by atoms with E-state index in [1.807, 2.05) is 0 Å². The second kappa shape index (κ2) is 6.18. The Kier molecular flexibility index (Phi) is 4.35. The summed E-state index contributed by atoms with van der Waals surface area (Å²) in [5.41, 5.74) is 1.56. The van der Waals surface area contributed by atoms with Gasteiger partial charge < -0.3 is 4.90 Å². The van der Waals surface area contributed by atoms with Crippen molar-refractivity contribution in [2.45, 2.75) is 19.4 Å². The lowest BCUT2D eigenvalue weighted by Crippen LogP contribution is -2.38. The number of carbonyl (C=O) groups excluding carboxylic acids is 1. The van der Waals surface area contributed by atoms with Crippen molar-refractivity contribution in [3.63, 3.8) is 0 Å². The van der Waals surface area contributed by atoms with Gasteiger partial charge in [-0.05, 0) is 37.6 Å². The topological polar surface area (TPSA) is 85.2 Å². The van der Waals surface area contributed by atoms with Gasteiger partial charge in [0.25, 0.3) is 5.91 Å². The van der Waals surface area contributed by atoms with Crippen molar-refractivity contribution in [1.82, 2.24) is 19.9 Å². The highest BCUT2D eigenvalue weighted by Crippen LogP contribution is 2.20. The predicted molar refractivity (Wildman–Crippen MR) is 90.3 cm³/mol. The van der Waals surface area contributed by atoms with Crippen LogP contribution in [0, 0.1) is 6.92 Å². The highest BCUT2D eigenvalue weighted by Gasteiger charge is 2.34. The summed E-state index contributed by atoms with van der Waals surface area (Å²) in [6.07, 6.45) is 0.453. The molecule has 1 saturated heterocycles. The first-order chi connectivity index (χ1) is 11.3. The number of carbonyl (C=O) groups is 1. The number of hydrogen-bond acceptors (Lipinski definition) is 5. The van der Waals surface area contributed by atoms with E-state index in [0.717, 1.165) is 5.69 Å². The highest BCUT2D eigenvalue weighted by molar-refractivity contribution is 7.91. The molecule has 1 atom stereocenters. The van der Waals surface area contributed by atoms with Crippen LogP contribution in [0.2, 0.25) is 5.02 Å². The van der Waals surface area contributed by atoms with Crippen molar-refractivity contribution in [2.24, 2.45) is 0 Å². The number of benzene rings is 1. The Labute approximate surface area is 145 Å². The van der Waals surface area contributed by atoms with Crippen LogP contribution in [0.25, 0.3) is 5.69 Å². The summed E-state index contributed by atoms with van der Waals surface area (Å²) in [6, 6.07) is 6.71. The first kappa shape index (κ1) is 16.9. The summed E-state index contributed by atoms with van der Waals surface area (Å²) in [6.45, 7) is 1.75. The highest BCUT2D eigenvalue weighted by atomic mass is 35.5. The monoisotopic (exact) mass is 368 g/mol. The number of halogens is 1. The van der Waals surface area contributed by atoms with Crippen molar-refractivity contribution < 1.29 is 13.2 Å². The summed E-state index contributed by atoms with van der Waals surface area (Å²) < 4.78 is 24.8. The molecule has 1 aliphatic heterocycles. The van der Waals surface area contributed by atoms with Crippen LogP contribution in [0.1, 0.15) is 22.6 Å². The molecule has 0 unspecified atom stereocenters. The van der Waals surface area contributed by atoms with Crippen LogP contribution in [0.15, 0.2) is 24.3 Å². The molecule has 0 N–H and O–H groups in total. The van der Waals surface area contributed by atoms with Crippen LogP contribution in [0.5, 0.6) is 0 Å². The minimum atomic E-state index is -3.06. The fourth-order valence-electron chi connectivity index (χ4n) is 2.77. The average Bonchev–Trinajstić information content (AvgIpc) is 3.09. The third-order valence-electron chi connectivity index (χ3n) is 4.24. The van der Waals surface area contributed by atoms with E-state index < -0.39 is 9.84 Å². The molecule has 1 aromatic heterocycles. The van der Waals surface area contributed by atoms with Crippen molar-refractivity contribution in [2.75, 3.05) is 18.6 Å². The second-order valence-electron chi connectivity index (χ2n) is 5.88. The Bertz CT molecular complexity index is 877. The van der Waals surface area contributed by atoms with Gasteiger partial charge in [-0.1, -0.05) is 16.8 Å². The molecule has 7 nitrogen and oxygen atoms in total. The van der Waals surface area contributed by atoms with Gasteiger partial charge >= 0.3 is 0 Å². The molecule has 1 fully saturated rings. The van der Waals surface area contributed by atoms with Gasteiger partial charge in [-0.25, -0.2) is 13.1 Å². The minimum absolute atomic E-state index is 0.000388. The molecule has 2 aromatic rings. The SMILES string of the molecule is Cc1c(C(=O)N(C)[C@@H]2CCS(=O)(=O)C2)nnn1-c1ccc(Cl)cc1. The van der Waals surface area contributed by atoms with Crippen LogP contribution in [-0.4, -0.2) is 58.8 Å². The molecule has 0 saturated carbocycles. The van der Waals surface area contributed by atoms with Gasteiger partial charge in [0, 0.05) is 18.1 Å².